The fourth-order valence-corrected chi connectivity index (χ4v) is 3.48. The molecule has 0 unspecified atom stereocenters. The number of carbonyl (C=O) groups is 1. The van der Waals surface area contributed by atoms with E-state index < -0.39 is 0 Å². The summed E-state index contributed by atoms with van der Waals surface area (Å²) in [6, 6.07) is 17.7. The molecule has 29 heavy (non-hydrogen) atoms. The molecule has 3 rings (SSSR count). The summed E-state index contributed by atoms with van der Waals surface area (Å²) in [5.41, 5.74) is 1.83. The Bertz CT molecular complexity index is 956. The maximum Gasteiger partial charge on any atom is 0.230 e. The third kappa shape index (κ3) is 5.17. The number of benzene rings is 2. The molecule has 152 valence electrons. The molecular formula is C22H26N4O2S. The number of methoxy groups -OCH3 is 1. The highest BCUT2D eigenvalue weighted by Crippen LogP contribution is 2.29. The number of thioether (sulfide) groups is 1. The zero-order valence-corrected chi connectivity index (χ0v) is 17.9. The van der Waals surface area contributed by atoms with Crippen LogP contribution in [0.15, 0.2) is 59.8 Å². The van der Waals surface area contributed by atoms with Gasteiger partial charge in [-0.15, -0.1) is 10.2 Å². The van der Waals surface area contributed by atoms with Crippen LogP contribution >= 0.6 is 11.8 Å². The number of carbonyl (C=O) groups excluding carboxylic acids is 1. The highest BCUT2D eigenvalue weighted by atomic mass is 32.2. The van der Waals surface area contributed by atoms with E-state index in [1.54, 1.807) is 7.11 Å². The molecule has 3 aromatic rings. The lowest BCUT2D eigenvalue weighted by Crippen LogP contribution is -2.37. The molecule has 0 aliphatic rings. The fraction of sp³-hybridized carbons (Fsp3) is 0.318. The van der Waals surface area contributed by atoms with Gasteiger partial charge in [-0.1, -0.05) is 55.9 Å². The molecule has 7 heteroatoms. The Morgan fingerprint density at radius 3 is 2.55 bits per heavy atom. The van der Waals surface area contributed by atoms with Crippen molar-refractivity contribution >= 4 is 17.7 Å². The van der Waals surface area contributed by atoms with Crippen molar-refractivity contribution in [3.05, 3.63) is 54.6 Å². The molecule has 2 aromatic carbocycles. The Labute approximate surface area is 175 Å². The number of aromatic nitrogens is 3. The lowest BCUT2D eigenvalue weighted by atomic mass is 10.1. The van der Waals surface area contributed by atoms with Crippen LogP contribution in [0.25, 0.3) is 17.1 Å². The molecule has 1 atom stereocenters. The van der Waals surface area contributed by atoms with Gasteiger partial charge in [-0.05, 0) is 37.1 Å². The topological polar surface area (TPSA) is 69.0 Å². The molecule has 0 fully saturated rings. The molecule has 1 aromatic heterocycles. The van der Waals surface area contributed by atoms with Crippen molar-refractivity contribution in [3.8, 4) is 22.8 Å². The zero-order chi connectivity index (χ0) is 20.8. The van der Waals surface area contributed by atoms with Crippen LogP contribution in [0, 0.1) is 5.92 Å². The van der Waals surface area contributed by atoms with Crippen molar-refractivity contribution in [2.24, 2.45) is 5.92 Å². The van der Waals surface area contributed by atoms with E-state index >= 15 is 0 Å². The summed E-state index contributed by atoms with van der Waals surface area (Å²) in [5.74, 6) is 2.10. The van der Waals surface area contributed by atoms with Gasteiger partial charge in [0.1, 0.15) is 5.75 Å². The summed E-state index contributed by atoms with van der Waals surface area (Å²) < 4.78 is 7.32. The summed E-state index contributed by atoms with van der Waals surface area (Å²) in [7, 11) is 1.64. The minimum atomic E-state index is -0.0123. The molecule has 0 saturated carbocycles. The standard InChI is InChI=1S/C22H26N4O2S/c1-15(2)16(3)23-20(27)14-29-22-25-24-21(17-9-8-12-19(13-17)28-4)26(22)18-10-6-5-7-11-18/h5-13,15-16H,14H2,1-4H3,(H,23,27)/t16-/m0/s1. The minimum Gasteiger partial charge on any atom is -0.497 e. The normalized spacial score (nSPS) is 12.0. The molecule has 0 bridgehead atoms. The number of ether oxygens (including phenoxy) is 1. The highest BCUT2D eigenvalue weighted by Gasteiger charge is 2.18. The first-order chi connectivity index (χ1) is 14.0. The maximum atomic E-state index is 12.3. The summed E-state index contributed by atoms with van der Waals surface area (Å²) in [5, 5.41) is 12.5. The first-order valence-corrected chi connectivity index (χ1v) is 10.6. The van der Waals surface area contributed by atoms with Gasteiger partial charge in [-0.2, -0.15) is 0 Å². The molecule has 0 radical (unpaired) electrons. The number of amides is 1. The van der Waals surface area contributed by atoms with Crippen molar-refractivity contribution < 1.29 is 9.53 Å². The number of hydrogen-bond acceptors (Lipinski definition) is 5. The molecule has 1 N–H and O–H groups in total. The molecular weight excluding hydrogens is 384 g/mol. The molecule has 1 heterocycles. The van der Waals surface area contributed by atoms with Gasteiger partial charge in [0.2, 0.25) is 5.91 Å². The Morgan fingerprint density at radius 1 is 1.10 bits per heavy atom. The highest BCUT2D eigenvalue weighted by molar-refractivity contribution is 7.99. The van der Waals surface area contributed by atoms with E-state index in [1.807, 2.05) is 66.1 Å². The Hall–Kier alpha value is -2.80. The SMILES string of the molecule is COc1cccc(-c2nnc(SCC(=O)N[C@@H](C)C(C)C)n2-c2ccccc2)c1. The summed E-state index contributed by atoms with van der Waals surface area (Å²) in [6.07, 6.45) is 0. The second-order valence-corrected chi connectivity index (χ2v) is 8.04. The molecule has 6 nitrogen and oxygen atoms in total. The van der Waals surface area contributed by atoms with E-state index in [2.05, 4.69) is 29.4 Å². The Kier molecular flexibility index (Phi) is 6.93. The van der Waals surface area contributed by atoms with E-state index in [0.29, 0.717) is 16.9 Å². The minimum absolute atomic E-state index is 0.0123. The zero-order valence-electron chi connectivity index (χ0n) is 17.1. The van der Waals surface area contributed by atoms with E-state index in [0.717, 1.165) is 17.0 Å². The third-order valence-corrected chi connectivity index (χ3v) is 5.63. The Balaban J connectivity index is 1.90. The van der Waals surface area contributed by atoms with Crippen LogP contribution in [0.3, 0.4) is 0 Å². The van der Waals surface area contributed by atoms with Crippen LogP contribution in [-0.4, -0.2) is 39.6 Å². The largest absolute Gasteiger partial charge is 0.497 e. The average Bonchev–Trinajstić information content (AvgIpc) is 3.16. The third-order valence-electron chi connectivity index (χ3n) is 4.70. The lowest BCUT2D eigenvalue weighted by Gasteiger charge is -2.17. The first kappa shape index (κ1) is 20.9. The summed E-state index contributed by atoms with van der Waals surface area (Å²) in [4.78, 5) is 12.3. The van der Waals surface area contributed by atoms with Gasteiger partial charge < -0.3 is 10.1 Å². The number of nitrogens with zero attached hydrogens (tertiary/aromatic N) is 3. The van der Waals surface area contributed by atoms with Crippen LogP contribution in [0.1, 0.15) is 20.8 Å². The maximum absolute atomic E-state index is 12.3. The fourth-order valence-electron chi connectivity index (χ4n) is 2.71. The van der Waals surface area contributed by atoms with Crippen molar-refractivity contribution in [2.75, 3.05) is 12.9 Å². The number of nitrogens with one attached hydrogen (secondary N) is 1. The van der Waals surface area contributed by atoms with Gasteiger partial charge in [-0.25, -0.2) is 0 Å². The second-order valence-electron chi connectivity index (χ2n) is 7.10. The first-order valence-electron chi connectivity index (χ1n) is 9.57. The molecule has 0 spiro atoms. The smallest absolute Gasteiger partial charge is 0.230 e. The number of rotatable bonds is 8. The van der Waals surface area contributed by atoms with Gasteiger partial charge in [0.15, 0.2) is 11.0 Å². The molecule has 0 aliphatic heterocycles. The van der Waals surface area contributed by atoms with Crippen LogP contribution in [-0.2, 0) is 4.79 Å². The molecule has 0 saturated heterocycles. The van der Waals surface area contributed by atoms with Gasteiger partial charge in [0, 0.05) is 17.3 Å². The van der Waals surface area contributed by atoms with Gasteiger partial charge in [0.05, 0.1) is 12.9 Å². The summed E-state index contributed by atoms with van der Waals surface area (Å²) >= 11 is 1.38. The number of para-hydroxylation sites is 1. The van der Waals surface area contributed by atoms with Gasteiger partial charge in [0.25, 0.3) is 0 Å². The van der Waals surface area contributed by atoms with Crippen LogP contribution < -0.4 is 10.1 Å². The van der Waals surface area contributed by atoms with Crippen molar-refractivity contribution in [1.82, 2.24) is 20.1 Å². The quantitative estimate of drug-likeness (QED) is 0.564. The van der Waals surface area contributed by atoms with Crippen molar-refractivity contribution in [2.45, 2.75) is 32.0 Å². The van der Waals surface area contributed by atoms with Crippen molar-refractivity contribution in [1.29, 1.82) is 0 Å². The van der Waals surface area contributed by atoms with Gasteiger partial charge >= 0.3 is 0 Å². The molecule has 1 amide bonds. The summed E-state index contributed by atoms with van der Waals surface area (Å²) in [6.45, 7) is 6.19. The molecule has 0 aliphatic carbocycles. The van der Waals surface area contributed by atoms with E-state index in [4.69, 9.17) is 4.74 Å². The van der Waals surface area contributed by atoms with E-state index in [1.165, 1.54) is 11.8 Å². The monoisotopic (exact) mass is 410 g/mol. The second kappa shape index (κ2) is 9.60. The van der Waals surface area contributed by atoms with Gasteiger partial charge in [-0.3, -0.25) is 9.36 Å². The average molecular weight is 411 g/mol. The van der Waals surface area contributed by atoms with Crippen LogP contribution in [0.2, 0.25) is 0 Å². The van der Waals surface area contributed by atoms with Crippen LogP contribution in [0.5, 0.6) is 5.75 Å². The Morgan fingerprint density at radius 2 is 1.86 bits per heavy atom. The van der Waals surface area contributed by atoms with E-state index in [-0.39, 0.29) is 17.7 Å². The predicted molar refractivity (Wildman–Crippen MR) is 117 cm³/mol. The van der Waals surface area contributed by atoms with E-state index in [9.17, 15) is 4.79 Å². The predicted octanol–water partition coefficient (Wildman–Crippen LogP) is 4.20. The van der Waals surface area contributed by atoms with Crippen molar-refractivity contribution in [3.63, 3.8) is 0 Å². The van der Waals surface area contributed by atoms with Crippen LogP contribution in [0.4, 0.5) is 0 Å². The lowest BCUT2D eigenvalue weighted by molar-refractivity contribution is -0.119. The number of hydrogen-bond donors (Lipinski definition) is 1.